The molecule has 3 bridgehead atoms. The van der Waals surface area contributed by atoms with Gasteiger partial charge in [-0.05, 0) is 160 Å². The van der Waals surface area contributed by atoms with Crippen LogP contribution in [0, 0.1) is 81.9 Å². The molecule has 9 N–H and O–H groups in total. The lowest BCUT2D eigenvalue weighted by atomic mass is 9.38. The number of ether oxygens (including phenoxy) is 4. The van der Waals surface area contributed by atoms with E-state index in [-0.39, 0.29) is 100.0 Å². The third kappa shape index (κ3) is 11.3. The summed E-state index contributed by atoms with van der Waals surface area (Å²) in [6, 6.07) is 7.07. The fraction of sp³-hybridized carbons (Fsp3) is 0.702. The van der Waals surface area contributed by atoms with Crippen molar-refractivity contribution in [1.29, 1.82) is 0 Å². The molecule has 1 saturated heterocycles. The van der Waals surface area contributed by atoms with Crippen molar-refractivity contribution < 1.29 is 59.5 Å². The van der Waals surface area contributed by atoms with Crippen LogP contribution in [0.4, 0.5) is 0 Å². The van der Waals surface area contributed by atoms with Crippen molar-refractivity contribution in [3.8, 4) is 52.4 Å². The summed E-state index contributed by atoms with van der Waals surface area (Å²) in [6.07, 6.45) is 6.95. The summed E-state index contributed by atoms with van der Waals surface area (Å²) in [4.78, 5) is 13.0. The van der Waals surface area contributed by atoms with Crippen LogP contribution in [-0.4, -0.2) is 125 Å². The first-order valence-corrected chi connectivity index (χ1v) is 29.3. The quantitative estimate of drug-likeness (QED) is 0.0727. The highest BCUT2D eigenvalue weighted by molar-refractivity contribution is 8.76. The Labute approximate surface area is 439 Å². The van der Waals surface area contributed by atoms with Crippen LogP contribution < -0.4 is 24.8 Å². The molecule has 7 aliphatic rings. The molecule has 9 rings (SSSR count). The van der Waals surface area contributed by atoms with E-state index in [0.717, 1.165) is 75.6 Å². The van der Waals surface area contributed by atoms with Gasteiger partial charge in [-0.1, -0.05) is 52.7 Å². The van der Waals surface area contributed by atoms with Crippen molar-refractivity contribution in [3.05, 3.63) is 41.0 Å². The van der Waals surface area contributed by atoms with Crippen LogP contribution in [0.15, 0.2) is 24.3 Å². The first-order chi connectivity index (χ1) is 35.3. The van der Waals surface area contributed by atoms with Crippen molar-refractivity contribution in [2.75, 3.05) is 53.0 Å². The normalized spacial score (nSPS) is 37.7. The smallest absolute Gasteiger partial charge is 0.235 e. The van der Waals surface area contributed by atoms with Crippen LogP contribution in [0.25, 0.3) is 0 Å². The topological polar surface area (TPSA) is 220 Å². The Balaban J connectivity index is 1.01. The van der Waals surface area contributed by atoms with Gasteiger partial charge >= 0.3 is 0 Å². The Morgan fingerprint density at radius 2 is 1.66 bits per heavy atom. The van der Waals surface area contributed by atoms with Gasteiger partial charge in [-0.25, -0.2) is 0 Å². The van der Waals surface area contributed by atoms with E-state index in [2.05, 4.69) is 41.2 Å². The molecule has 2 spiro atoms. The Kier molecular flexibility index (Phi) is 17.7. The minimum Gasteiger partial charge on any atom is -0.504 e. The molecule has 1 amide bonds. The van der Waals surface area contributed by atoms with E-state index in [9.17, 15) is 40.5 Å². The SMILES string of the molecule is COc1cc(CC2C(O)CSSC(CCO)c3cc(O)c(OC4CCC5CNCC6C#CC78CC(C)CCC7C(CCC58C4)CC(O)C4CNC(=O)C4C#CC6)cc3CCC(OCO)CC2O)cc(OC)c1O. The van der Waals surface area contributed by atoms with Crippen LogP contribution in [0.3, 0.4) is 0 Å². The number of phenolic OH excluding ortho intramolecular Hbond substituents is 2. The maximum atomic E-state index is 13.0. The number of amides is 1. The summed E-state index contributed by atoms with van der Waals surface area (Å²) < 4.78 is 23.8. The zero-order valence-corrected chi connectivity index (χ0v) is 44.4. The number of fused-ring (bicyclic) bond motifs is 3. The number of carbonyl (C=O) groups excluding carboxylic acids is 1. The third-order valence-electron chi connectivity index (χ3n) is 18.3. The second-order valence-electron chi connectivity index (χ2n) is 22.4. The monoisotopic (exact) mass is 1050 g/mol. The molecule has 4 aliphatic carbocycles. The molecule has 3 heterocycles. The summed E-state index contributed by atoms with van der Waals surface area (Å²) in [6.45, 7) is 3.75. The molecule has 16 atom stereocenters. The van der Waals surface area contributed by atoms with E-state index in [1.165, 1.54) is 35.8 Å². The molecular formula is C57H78N2O12S2. The average Bonchev–Trinajstić information content (AvgIpc) is 3.77. The fourth-order valence-corrected chi connectivity index (χ4v) is 17.5. The van der Waals surface area contributed by atoms with Crippen molar-refractivity contribution in [1.82, 2.24) is 10.6 Å². The molecule has 14 nitrogen and oxygen atoms in total. The second kappa shape index (κ2) is 23.8. The van der Waals surface area contributed by atoms with Crippen molar-refractivity contribution in [3.63, 3.8) is 0 Å². The summed E-state index contributed by atoms with van der Waals surface area (Å²) in [5.41, 5.74) is 1.94. The first kappa shape index (κ1) is 54.2. The highest BCUT2D eigenvalue weighted by atomic mass is 33.1. The number of aliphatic hydroxyl groups is 5. The number of methoxy groups -OCH3 is 2. The number of carbonyl (C=O) groups is 1. The van der Waals surface area contributed by atoms with Crippen LogP contribution in [0.5, 0.6) is 28.7 Å². The highest BCUT2D eigenvalue weighted by Gasteiger charge is 2.65. The molecular weight excluding hydrogens is 969 g/mol. The van der Waals surface area contributed by atoms with Gasteiger partial charge in [-0.15, -0.1) is 5.92 Å². The highest BCUT2D eigenvalue weighted by Crippen LogP contribution is 2.69. The van der Waals surface area contributed by atoms with Crippen LogP contribution in [0.1, 0.15) is 112 Å². The summed E-state index contributed by atoms with van der Waals surface area (Å²) >= 11 is 0. The minimum atomic E-state index is -1.04. The zero-order valence-electron chi connectivity index (χ0n) is 42.7. The van der Waals surface area contributed by atoms with E-state index in [1.54, 1.807) is 18.2 Å². The molecule has 4 fully saturated rings. The number of hydrogen-bond acceptors (Lipinski definition) is 15. The van der Waals surface area contributed by atoms with E-state index >= 15 is 0 Å². The largest absolute Gasteiger partial charge is 0.504 e. The number of aliphatic hydroxyl groups excluding tert-OH is 5. The Morgan fingerprint density at radius 1 is 0.849 bits per heavy atom. The van der Waals surface area contributed by atoms with Crippen LogP contribution in [0.2, 0.25) is 0 Å². The summed E-state index contributed by atoms with van der Waals surface area (Å²) in [7, 11) is 5.85. The molecule has 2 aromatic carbocycles. The Hall–Kier alpha value is -3.55. The lowest BCUT2D eigenvalue weighted by molar-refractivity contribution is -0.160. The van der Waals surface area contributed by atoms with E-state index in [0.29, 0.717) is 61.8 Å². The lowest BCUT2D eigenvalue weighted by Gasteiger charge is -2.65. The van der Waals surface area contributed by atoms with E-state index < -0.39 is 43.0 Å². The number of rotatable bonds is 10. The van der Waals surface area contributed by atoms with Crippen molar-refractivity contribution in [2.45, 2.75) is 139 Å². The van der Waals surface area contributed by atoms with E-state index in [4.69, 9.17) is 18.9 Å². The molecule has 0 radical (unpaired) electrons. The van der Waals surface area contributed by atoms with Gasteiger partial charge in [0, 0.05) is 60.3 Å². The number of aromatic hydroxyl groups is 2. The van der Waals surface area contributed by atoms with Gasteiger partial charge in [0.2, 0.25) is 11.7 Å². The average molecular weight is 1050 g/mol. The zero-order chi connectivity index (χ0) is 51.4. The van der Waals surface area contributed by atoms with Gasteiger partial charge < -0.3 is 65.3 Å². The summed E-state index contributed by atoms with van der Waals surface area (Å²) in [5.74, 6) is 15.5. The molecule has 16 heteroatoms. The number of benzene rings is 2. The van der Waals surface area contributed by atoms with Gasteiger partial charge in [-0.3, -0.25) is 4.79 Å². The van der Waals surface area contributed by atoms with Crippen molar-refractivity contribution in [2.24, 2.45) is 58.2 Å². The Bertz CT molecular complexity index is 2360. The molecule has 2 aromatic rings. The van der Waals surface area contributed by atoms with E-state index in [1.807, 2.05) is 6.07 Å². The number of hydrogen-bond donors (Lipinski definition) is 9. The molecule has 3 saturated carbocycles. The summed E-state index contributed by atoms with van der Waals surface area (Å²) in [5, 5.41) is 85.4. The predicted molar refractivity (Wildman–Crippen MR) is 281 cm³/mol. The van der Waals surface area contributed by atoms with Gasteiger partial charge in [0.1, 0.15) is 12.7 Å². The number of phenols is 2. The van der Waals surface area contributed by atoms with Crippen molar-refractivity contribution >= 4 is 27.5 Å². The molecule has 73 heavy (non-hydrogen) atoms. The fourth-order valence-electron chi connectivity index (χ4n) is 14.6. The van der Waals surface area contributed by atoms with Crippen LogP contribution >= 0.6 is 21.6 Å². The second-order valence-corrected chi connectivity index (χ2v) is 25.0. The maximum absolute atomic E-state index is 13.0. The third-order valence-corrected chi connectivity index (χ3v) is 21.1. The molecule has 16 unspecified atom stereocenters. The Morgan fingerprint density at radius 3 is 2.42 bits per heavy atom. The first-order valence-electron chi connectivity index (χ1n) is 26.9. The molecule has 3 aliphatic heterocycles. The minimum absolute atomic E-state index is 0.00773. The van der Waals surface area contributed by atoms with Gasteiger partial charge in [0.05, 0.1) is 44.7 Å². The molecule has 0 aromatic heterocycles. The predicted octanol–water partition coefficient (Wildman–Crippen LogP) is 6.28. The number of aryl methyl sites for hydroxylation is 1. The van der Waals surface area contributed by atoms with Gasteiger partial charge in [0.15, 0.2) is 23.0 Å². The molecule has 400 valence electrons. The maximum Gasteiger partial charge on any atom is 0.235 e. The van der Waals surface area contributed by atoms with Gasteiger partial charge in [0.25, 0.3) is 0 Å². The number of nitrogens with one attached hydrogen (secondary N) is 2. The lowest BCUT2D eigenvalue weighted by Crippen LogP contribution is -2.62. The standard InChI is InChI=1S/C57H78N2O12S2/c1-33-7-12-45-37-14-17-56-27-40(11-9-38(56)29-58-28-34(13-16-57(45,56)26-33)5-4-6-41-44(46(62)22-37)30-59-55(41)67)71-50-23-36-8-10-39(70-32-61)24-47(63)43(19-35-20-51(68-2)54(66)52(21-35)69-3)49(65)31-72-73-53(15-18-60)42(36)25-48(50)64/h20-21,23,25,33-34,37-41,43-47,49,53,58,60-66H,5,7-12,14-15,17-19,22,24,26-32H2,1-3H3,(H,59,67). The van der Waals surface area contributed by atoms with Gasteiger partial charge in [-0.2, -0.15) is 0 Å². The van der Waals surface area contributed by atoms with Crippen LogP contribution in [-0.2, 0) is 22.4 Å².